The summed E-state index contributed by atoms with van der Waals surface area (Å²) in [4.78, 5) is 5.10. The van der Waals surface area contributed by atoms with Crippen LogP contribution in [-0.4, -0.2) is 4.57 Å². The van der Waals surface area contributed by atoms with E-state index in [1.807, 2.05) is 11.8 Å². The summed E-state index contributed by atoms with van der Waals surface area (Å²) in [5, 5.41) is 7.48. The van der Waals surface area contributed by atoms with Gasteiger partial charge in [0.1, 0.15) is 0 Å². The quantitative estimate of drug-likeness (QED) is 0.176. The molecule has 10 aromatic carbocycles. The van der Waals surface area contributed by atoms with Crippen molar-refractivity contribution in [1.82, 2.24) is 4.57 Å². The predicted octanol–water partition coefficient (Wildman–Crippen LogP) is 15.4. The zero-order chi connectivity index (χ0) is 39.4. The molecule has 0 saturated carbocycles. The molecule has 2 nitrogen and oxygen atoms in total. The van der Waals surface area contributed by atoms with Crippen molar-refractivity contribution in [2.45, 2.75) is 15.2 Å². The molecule has 11 aromatic rings. The monoisotopic (exact) mass is 780 g/mol. The third kappa shape index (κ3) is 4.61. The number of aromatic nitrogens is 1. The summed E-state index contributed by atoms with van der Waals surface area (Å²) in [6, 6.07) is 81.3. The van der Waals surface area contributed by atoms with Crippen LogP contribution in [0.3, 0.4) is 0 Å². The zero-order valence-electron chi connectivity index (χ0n) is 32.6. The van der Waals surface area contributed by atoms with Gasteiger partial charge in [-0.1, -0.05) is 163 Å². The Morgan fingerprint density at radius 1 is 0.383 bits per heavy atom. The molecule has 0 N–H and O–H groups in total. The minimum Gasteiger partial charge on any atom is -0.310 e. The van der Waals surface area contributed by atoms with Gasteiger partial charge in [0.05, 0.1) is 22.1 Å². The molecule has 0 bridgehead atoms. The fraction of sp³-hybridized carbons (Fsp3) is 0.0175. The lowest BCUT2D eigenvalue weighted by molar-refractivity contribution is 0.707. The fourth-order valence-corrected chi connectivity index (χ4v) is 11.8. The first-order chi connectivity index (χ1) is 29.8. The standard InChI is InChI=1S/C57H36N2S/c1-2-19-39(20-3-1)59-52-27-9-6-22-44(52)46-35-40(32-34-53(46)59)58(51-28-14-16-37-15-4-5-21-42(37)51)41-31-33-43-45-23-12-17-38-18-13-26-49(56(38)45)57(50(43)36-41)47-24-7-10-29-54(47)60-55-30-11-8-25-48(55)57/h1-36H. The first kappa shape index (κ1) is 33.6. The Kier molecular flexibility index (Phi) is 7.19. The number of benzene rings is 10. The van der Waals surface area contributed by atoms with Gasteiger partial charge in [0.25, 0.3) is 0 Å². The number of para-hydroxylation sites is 2. The molecule has 0 radical (unpaired) electrons. The molecule has 2 aliphatic rings. The third-order valence-electron chi connectivity index (χ3n) is 13.0. The first-order valence-corrected chi connectivity index (χ1v) is 21.5. The van der Waals surface area contributed by atoms with Crippen molar-refractivity contribution in [2.75, 3.05) is 4.90 Å². The minimum atomic E-state index is -0.546. The molecule has 0 amide bonds. The Bertz CT molecular complexity index is 3490. The first-order valence-electron chi connectivity index (χ1n) is 20.7. The van der Waals surface area contributed by atoms with Gasteiger partial charge < -0.3 is 9.47 Å². The van der Waals surface area contributed by atoms with Gasteiger partial charge in [-0.2, -0.15) is 0 Å². The summed E-state index contributed by atoms with van der Waals surface area (Å²) < 4.78 is 2.40. The summed E-state index contributed by atoms with van der Waals surface area (Å²) >= 11 is 1.89. The number of nitrogens with zero attached hydrogens (tertiary/aromatic N) is 2. The van der Waals surface area contributed by atoms with E-state index in [9.17, 15) is 0 Å². The van der Waals surface area contributed by atoms with Gasteiger partial charge in [0.2, 0.25) is 0 Å². The van der Waals surface area contributed by atoms with Crippen molar-refractivity contribution >= 4 is 72.2 Å². The molecular weight excluding hydrogens is 745 g/mol. The molecule has 13 rings (SSSR count). The van der Waals surface area contributed by atoms with Crippen LogP contribution < -0.4 is 4.90 Å². The molecule has 0 saturated heterocycles. The average Bonchev–Trinajstić information content (AvgIpc) is 3.64. The second-order valence-corrected chi connectivity index (χ2v) is 17.1. The van der Waals surface area contributed by atoms with Gasteiger partial charge in [0, 0.05) is 43.0 Å². The SMILES string of the molecule is c1ccc(-n2c3ccccc3c3cc(N(c4ccc5c(c4)C4(c6ccccc6Sc6ccccc64)c4cccc6cccc-5c46)c4cccc5ccccc45)ccc32)cc1. The van der Waals surface area contributed by atoms with E-state index < -0.39 is 5.41 Å². The molecule has 2 heterocycles. The lowest BCUT2D eigenvalue weighted by Crippen LogP contribution is -2.36. The van der Waals surface area contributed by atoms with Crippen LogP contribution in [0.15, 0.2) is 228 Å². The van der Waals surface area contributed by atoms with E-state index in [0.29, 0.717) is 0 Å². The van der Waals surface area contributed by atoms with Crippen LogP contribution in [0.25, 0.3) is 60.2 Å². The highest BCUT2D eigenvalue weighted by atomic mass is 32.2. The Balaban J connectivity index is 1.14. The van der Waals surface area contributed by atoms with Crippen LogP contribution in [-0.2, 0) is 5.41 Å². The van der Waals surface area contributed by atoms with Crippen LogP contribution in [0.4, 0.5) is 17.1 Å². The van der Waals surface area contributed by atoms with Crippen molar-refractivity contribution in [1.29, 1.82) is 0 Å². The Labute approximate surface area is 352 Å². The van der Waals surface area contributed by atoms with Gasteiger partial charge in [-0.05, 0) is 116 Å². The number of anilines is 3. The Morgan fingerprint density at radius 3 is 1.82 bits per heavy atom. The molecule has 3 heteroatoms. The van der Waals surface area contributed by atoms with Gasteiger partial charge in [-0.3, -0.25) is 0 Å². The molecule has 1 aromatic heterocycles. The Hall–Kier alpha value is -7.33. The highest BCUT2D eigenvalue weighted by Gasteiger charge is 2.48. The maximum Gasteiger partial charge on any atom is 0.0736 e. The second kappa shape index (κ2) is 12.8. The van der Waals surface area contributed by atoms with Crippen LogP contribution in [0.1, 0.15) is 22.3 Å². The van der Waals surface area contributed by atoms with E-state index in [0.717, 1.165) is 22.7 Å². The Morgan fingerprint density at radius 2 is 0.983 bits per heavy atom. The molecule has 280 valence electrons. The summed E-state index contributed by atoms with van der Waals surface area (Å²) in [7, 11) is 0. The van der Waals surface area contributed by atoms with Crippen molar-refractivity contribution in [2.24, 2.45) is 0 Å². The lowest BCUT2D eigenvalue weighted by atomic mass is 9.59. The predicted molar refractivity (Wildman–Crippen MR) is 252 cm³/mol. The van der Waals surface area contributed by atoms with Gasteiger partial charge >= 0.3 is 0 Å². The molecule has 0 fully saturated rings. The lowest BCUT2D eigenvalue weighted by Gasteiger charge is -2.46. The van der Waals surface area contributed by atoms with E-state index in [1.165, 1.54) is 86.5 Å². The van der Waals surface area contributed by atoms with E-state index in [-0.39, 0.29) is 0 Å². The maximum absolute atomic E-state index is 2.52. The summed E-state index contributed by atoms with van der Waals surface area (Å²) in [5.41, 5.74) is 14.2. The van der Waals surface area contributed by atoms with Crippen LogP contribution in [0.2, 0.25) is 0 Å². The summed E-state index contributed by atoms with van der Waals surface area (Å²) in [6.07, 6.45) is 0. The van der Waals surface area contributed by atoms with E-state index in [2.05, 4.69) is 228 Å². The van der Waals surface area contributed by atoms with Gasteiger partial charge in [-0.25, -0.2) is 0 Å². The van der Waals surface area contributed by atoms with E-state index in [1.54, 1.807) is 0 Å². The fourth-order valence-electron chi connectivity index (χ4n) is 10.6. The number of fused-ring (bicyclic) bond motifs is 12. The van der Waals surface area contributed by atoms with Crippen molar-refractivity contribution in [3.05, 3.63) is 241 Å². The topological polar surface area (TPSA) is 8.17 Å². The highest BCUT2D eigenvalue weighted by molar-refractivity contribution is 7.99. The molecule has 60 heavy (non-hydrogen) atoms. The maximum atomic E-state index is 2.52. The van der Waals surface area contributed by atoms with E-state index >= 15 is 0 Å². The number of hydrogen-bond acceptors (Lipinski definition) is 2. The summed E-state index contributed by atoms with van der Waals surface area (Å²) in [6.45, 7) is 0. The van der Waals surface area contributed by atoms with Crippen LogP contribution in [0.5, 0.6) is 0 Å². The minimum absolute atomic E-state index is 0.546. The zero-order valence-corrected chi connectivity index (χ0v) is 33.4. The van der Waals surface area contributed by atoms with E-state index in [4.69, 9.17) is 0 Å². The van der Waals surface area contributed by atoms with Crippen molar-refractivity contribution in [3.63, 3.8) is 0 Å². The third-order valence-corrected chi connectivity index (χ3v) is 14.2. The highest BCUT2D eigenvalue weighted by Crippen LogP contribution is 2.62. The van der Waals surface area contributed by atoms with Gasteiger partial charge in [-0.15, -0.1) is 0 Å². The largest absolute Gasteiger partial charge is 0.310 e. The molecule has 1 aliphatic carbocycles. The van der Waals surface area contributed by atoms with Gasteiger partial charge in [0.15, 0.2) is 0 Å². The van der Waals surface area contributed by atoms with Crippen molar-refractivity contribution < 1.29 is 0 Å². The average molecular weight is 781 g/mol. The van der Waals surface area contributed by atoms with Crippen LogP contribution >= 0.6 is 11.8 Å². The molecule has 1 aliphatic heterocycles. The number of rotatable bonds is 4. The summed E-state index contributed by atoms with van der Waals surface area (Å²) in [5.74, 6) is 0. The second-order valence-electron chi connectivity index (χ2n) is 16.0. The van der Waals surface area contributed by atoms with Crippen molar-refractivity contribution in [3.8, 4) is 16.8 Å². The smallest absolute Gasteiger partial charge is 0.0736 e. The van der Waals surface area contributed by atoms with Crippen LogP contribution in [0, 0.1) is 0 Å². The molecule has 1 spiro atoms. The normalized spacial score (nSPS) is 13.4. The number of hydrogen-bond donors (Lipinski definition) is 0. The molecule has 0 atom stereocenters. The molecular formula is C57H36N2S. The molecule has 0 unspecified atom stereocenters.